The van der Waals surface area contributed by atoms with E-state index >= 15 is 0 Å². The van der Waals surface area contributed by atoms with E-state index in [1.165, 1.54) is 4.90 Å². The Kier molecular flexibility index (Phi) is 5.55. The molecule has 5 rings (SSSR count). The minimum absolute atomic E-state index is 0.00148. The topological polar surface area (TPSA) is 71.5 Å². The second-order valence-corrected chi connectivity index (χ2v) is 8.97. The van der Waals surface area contributed by atoms with Gasteiger partial charge in [-0.25, -0.2) is 8.78 Å². The number of ether oxygens (including phenoxy) is 1. The first kappa shape index (κ1) is 21.8. The van der Waals surface area contributed by atoms with Gasteiger partial charge in [-0.2, -0.15) is 0 Å². The van der Waals surface area contributed by atoms with Gasteiger partial charge in [0, 0.05) is 28.9 Å². The van der Waals surface area contributed by atoms with Crippen LogP contribution in [0, 0.1) is 42.2 Å². The average Bonchev–Trinajstić information content (AvgIpc) is 2.98. The highest BCUT2D eigenvalue weighted by Gasteiger charge is 2.49. The molecule has 1 aromatic carbocycles. The molecule has 1 N–H and O–H groups in total. The van der Waals surface area contributed by atoms with Gasteiger partial charge in [0.2, 0.25) is 5.91 Å². The van der Waals surface area contributed by atoms with Crippen LogP contribution in [0.5, 0.6) is 0 Å². The van der Waals surface area contributed by atoms with Crippen LogP contribution in [-0.2, 0) is 9.53 Å². The molecule has 2 aromatic rings. The highest BCUT2D eigenvalue weighted by atomic mass is 35.5. The summed E-state index contributed by atoms with van der Waals surface area (Å²) in [7, 11) is 0. The lowest BCUT2D eigenvalue weighted by Crippen LogP contribution is -2.52. The molecule has 0 spiro atoms. The van der Waals surface area contributed by atoms with E-state index in [0.717, 1.165) is 12.1 Å². The third-order valence-electron chi connectivity index (χ3n) is 6.40. The molecular weight excluding hydrogens is 452 g/mol. The maximum atomic E-state index is 14.7. The minimum Gasteiger partial charge on any atom is -0.381 e. The molecule has 4 atom stereocenters. The number of nitrogens with zero attached hydrogens (tertiary/aromatic N) is 2. The lowest BCUT2D eigenvalue weighted by Gasteiger charge is -2.36. The van der Waals surface area contributed by atoms with Gasteiger partial charge in [-0.1, -0.05) is 23.4 Å². The number of rotatable bonds is 5. The van der Waals surface area contributed by atoms with Crippen LogP contribution in [0.1, 0.15) is 34.1 Å². The van der Waals surface area contributed by atoms with Gasteiger partial charge in [-0.15, -0.1) is 0 Å². The first-order chi connectivity index (χ1) is 15.8. The maximum absolute atomic E-state index is 14.7. The zero-order chi connectivity index (χ0) is 23.3. The Hall–Kier alpha value is -3.02. The summed E-state index contributed by atoms with van der Waals surface area (Å²) in [5, 5.41) is 2.52. The Bertz CT molecular complexity index is 1210. The van der Waals surface area contributed by atoms with Gasteiger partial charge in [0.25, 0.3) is 5.91 Å². The fourth-order valence-electron chi connectivity index (χ4n) is 4.53. The monoisotopic (exact) mass is 471 g/mol. The molecule has 2 saturated heterocycles. The second kappa shape index (κ2) is 8.40. The number of nitrogens with one attached hydrogen (secondary N) is 1. The third-order valence-corrected chi connectivity index (χ3v) is 6.69. The van der Waals surface area contributed by atoms with Gasteiger partial charge < -0.3 is 15.0 Å². The number of hydrogen-bond acceptors (Lipinski definition) is 4. The van der Waals surface area contributed by atoms with Crippen molar-refractivity contribution in [2.24, 2.45) is 11.8 Å². The van der Waals surface area contributed by atoms with Crippen LogP contribution >= 0.6 is 11.6 Å². The number of carbonyl (C=O) groups excluding carboxylic acids is 2. The summed E-state index contributed by atoms with van der Waals surface area (Å²) in [6.45, 7) is 2.38. The Labute approximate surface area is 194 Å². The number of aryl methyl sites for hydroxylation is 1. The number of aromatic nitrogens is 1. The first-order valence-electron chi connectivity index (χ1n) is 10.6. The number of carbonyl (C=O) groups is 2. The molecule has 2 amide bonds. The Morgan fingerprint density at radius 1 is 1.24 bits per heavy atom. The minimum atomic E-state index is -0.822. The van der Waals surface area contributed by atoms with Crippen LogP contribution in [0.15, 0.2) is 30.5 Å². The lowest BCUT2D eigenvalue weighted by atomic mass is 9.90. The summed E-state index contributed by atoms with van der Waals surface area (Å²) in [4.78, 5) is 32.3. The Morgan fingerprint density at radius 2 is 2.03 bits per heavy atom. The summed E-state index contributed by atoms with van der Waals surface area (Å²) in [6.07, 6.45) is 1.92. The van der Waals surface area contributed by atoms with Gasteiger partial charge in [-0.05, 0) is 37.6 Å². The summed E-state index contributed by atoms with van der Waals surface area (Å²) >= 11 is 5.70. The zero-order valence-electron chi connectivity index (χ0n) is 17.6. The molecule has 9 heteroatoms. The number of fused-ring (bicyclic) bond motifs is 1. The Balaban J connectivity index is 1.42. The number of benzene rings is 1. The van der Waals surface area contributed by atoms with Crippen LogP contribution < -0.4 is 5.32 Å². The van der Waals surface area contributed by atoms with Crippen LogP contribution in [0.2, 0.25) is 5.02 Å². The number of halogens is 3. The smallest absolute Gasteiger partial charge is 0.255 e. The molecule has 0 unspecified atom stereocenters. The second-order valence-electron chi connectivity index (χ2n) is 8.56. The molecule has 170 valence electrons. The predicted octanol–water partition coefficient (Wildman–Crippen LogP) is 3.04. The summed E-state index contributed by atoms with van der Waals surface area (Å²) in [6, 6.07) is 3.20. The van der Waals surface area contributed by atoms with Crippen molar-refractivity contribution in [1.29, 1.82) is 0 Å². The fourth-order valence-corrected chi connectivity index (χ4v) is 4.68. The van der Waals surface area contributed by atoms with E-state index in [-0.39, 0.29) is 34.4 Å². The van der Waals surface area contributed by atoms with Crippen molar-refractivity contribution in [1.82, 2.24) is 15.2 Å². The summed E-state index contributed by atoms with van der Waals surface area (Å²) in [5.41, 5.74) is 1.10. The van der Waals surface area contributed by atoms with Crippen LogP contribution in [0.25, 0.3) is 0 Å². The molecule has 0 bridgehead atoms. The molecule has 1 aromatic heterocycles. The van der Waals surface area contributed by atoms with E-state index in [9.17, 15) is 18.4 Å². The van der Waals surface area contributed by atoms with Gasteiger partial charge in [0.05, 0.1) is 30.2 Å². The molecule has 33 heavy (non-hydrogen) atoms. The first-order valence-corrected chi connectivity index (χ1v) is 11.0. The van der Waals surface area contributed by atoms with Crippen molar-refractivity contribution in [3.8, 4) is 11.8 Å². The molecular formula is C24H20ClF2N3O3. The van der Waals surface area contributed by atoms with Crippen molar-refractivity contribution in [3.63, 3.8) is 0 Å². The number of hydrogen-bond donors (Lipinski definition) is 1. The molecule has 0 radical (unpaired) electrons. The van der Waals surface area contributed by atoms with Crippen LogP contribution in [0.4, 0.5) is 8.78 Å². The van der Waals surface area contributed by atoms with Gasteiger partial charge in [0.15, 0.2) is 0 Å². The Morgan fingerprint density at radius 3 is 2.67 bits per heavy atom. The van der Waals surface area contributed by atoms with E-state index in [0.29, 0.717) is 30.9 Å². The molecule has 6 nitrogen and oxygen atoms in total. The van der Waals surface area contributed by atoms with Crippen molar-refractivity contribution in [3.05, 3.63) is 63.9 Å². The van der Waals surface area contributed by atoms with Crippen molar-refractivity contribution in [2.75, 3.05) is 13.2 Å². The number of pyridine rings is 1. The molecule has 2 fully saturated rings. The lowest BCUT2D eigenvalue weighted by molar-refractivity contribution is -0.128. The highest BCUT2D eigenvalue weighted by molar-refractivity contribution is 6.30. The summed E-state index contributed by atoms with van der Waals surface area (Å²) < 4.78 is 34.0. The van der Waals surface area contributed by atoms with Crippen LogP contribution in [-0.4, -0.2) is 47.0 Å². The van der Waals surface area contributed by atoms with Crippen LogP contribution in [0.3, 0.4) is 0 Å². The predicted molar refractivity (Wildman–Crippen MR) is 115 cm³/mol. The maximum Gasteiger partial charge on any atom is 0.255 e. The molecule has 3 heterocycles. The van der Waals surface area contributed by atoms with Gasteiger partial charge in [0.1, 0.15) is 23.7 Å². The number of amides is 2. The molecule has 1 aliphatic carbocycles. The van der Waals surface area contributed by atoms with Crippen molar-refractivity contribution < 1.29 is 23.1 Å². The fraction of sp³-hybridized carbons (Fsp3) is 0.375. The average molecular weight is 472 g/mol. The van der Waals surface area contributed by atoms with E-state index in [1.807, 2.05) is 0 Å². The van der Waals surface area contributed by atoms with E-state index < -0.39 is 29.6 Å². The third kappa shape index (κ3) is 3.85. The molecule has 2 aliphatic heterocycles. The zero-order valence-corrected chi connectivity index (χ0v) is 18.4. The van der Waals surface area contributed by atoms with E-state index in [2.05, 4.69) is 22.1 Å². The van der Waals surface area contributed by atoms with Gasteiger partial charge >= 0.3 is 0 Å². The van der Waals surface area contributed by atoms with Gasteiger partial charge in [-0.3, -0.25) is 14.6 Å². The standard InChI is InChI=1S/C24H20ClF2N3O3/c1-12-6-14(4-5-28-12)24(32)30-20-3-2-13(20)7-21(30)23(31)29-22(15-10-33-11-15)16-8-19(27)17(25)9-18(16)26/h4-6,8-9,13,15,20-22H,7,10-11H2,1H3,(H,29,31)/t13-,20-,21-,22-/m1/s1. The normalized spacial score (nSPS) is 24.1. The van der Waals surface area contributed by atoms with E-state index in [4.69, 9.17) is 16.3 Å². The SMILES string of the molecule is Cc1cc(C(=O)N2[C@@H](C(=O)N[C@@H](c3cc(F)c(Cl)cc3F)C3COC3)C[C@H]3C#C[C@H]32)ccn1. The molecule has 3 aliphatic rings. The van der Waals surface area contributed by atoms with Crippen molar-refractivity contribution in [2.45, 2.75) is 31.5 Å². The van der Waals surface area contributed by atoms with E-state index in [1.54, 1.807) is 25.3 Å². The number of likely N-dealkylation sites (tertiary alicyclic amines) is 1. The molecule has 0 saturated carbocycles. The largest absolute Gasteiger partial charge is 0.381 e. The van der Waals surface area contributed by atoms with Crippen molar-refractivity contribution >= 4 is 23.4 Å². The summed E-state index contributed by atoms with van der Waals surface area (Å²) in [5.74, 6) is 3.42. The highest BCUT2D eigenvalue weighted by Crippen LogP contribution is 2.37. The quantitative estimate of drug-likeness (QED) is 0.537.